The van der Waals surface area contributed by atoms with E-state index in [0.717, 1.165) is 0 Å². The first-order chi connectivity index (χ1) is 6.41. The number of benzene rings is 1. The molecule has 6 nitrogen and oxygen atoms in total. The molecule has 1 aromatic carbocycles. The second kappa shape index (κ2) is 4.18. The molecule has 0 aliphatic carbocycles. The minimum atomic E-state index is -3.07. The summed E-state index contributed by atoms with van der Waals surface area (Å²) in [5, 5.41) is 26.6. The molecule has 5 N–H and O–H groups in total. The molecule has 0 heterocycles. The predicted molar refractivity (Wildman–Crippen MR) is 46.8 cm³/mol. The topological polar surface area (TPSA) is 110 Å². The average molecular weight is 220 g/mol. The van der Waals surface area contributed by atoms with E-state index in [-0.39, 0.29) is 11.3 Å². The van der Waals surface area contributed by atoms with Crippen LogP contribution in [0.15, 0.2) is 24.3 Å². The Hall–Kier alpha value is -0.750. The van der Waals surface area contributed by atoms with Crippen molar-refractivity contribution in [3.05, 3.63) is 29.8 Å². The summed E-state index contributed by atoms with van der Waals surface area (Å²) in [5.74, 6) is -3.28. The van der Waals surface area contributed by atoms with Crippen LogP contribution in [0.2, 0.25) is 0 Å². The lowest BCUT2D eigenvalue weighted by molar-refractivity contribution is -0.324. The van der Waals surface area contributed by atoms with Gasteiger partial charge in [0.05, 0.1) is 5.56 Å². The summed E-state index contributed by atoms with van der Waals surface area (Å²) in [4.78, 5) is 17.1. The summed E-state index contributed by atoms with van der Waals surface area (Å²) in [7, 11) is -2.67. The van der Waals surface area contributed by atoms with E-state index in [1.165, 1.54) is 24.3 Å². The molecule has 14 heavy (non-hydrogen) atoms. The molecule has 0 saturated carbocycles. The minimum absolute atomic E-state index is 0.212. The fraction of sp³-hybridized carbons (Fsp3) is 0.143. The second-order valence-electron chi connectivity index (χ2n) is 2.48. The molecule has 0 fully saturated rings. The van der Waals surface area contributed by atoms with Gasteiger partial charge in [0.15, 0.2) is 0 Å². The molecule has 78 valence electrons. The zero-order chi connectivity index (χ0) is 10.8. The zero-order valence-electron chi connectivity index (χ0n) is 6.90. The van der Waals surface area contributed by atoms with Crippen LogP contribution in [0.4, 0.5) is 0 Å². The van der Waals surface area contributed by atoms with E-state index in [1.54, 1.807) is 0 Å². The Morgan fingerprint density at radius 3 is 2.14 bits per heavy atom. The molecule has 0 bridgehead atoms. The van der Waals surface area contributed by atoms with Crippen LogP contribution in [-0.2, 0) is 5.97 Å². The first-order valence-corrected chi connectivity index (χ1v) is 4.70. The molecule has 0 aliphatic rings. The number of hydrogen-bond donors (Lipinski definition) is 5. The van der Waals surface area contributed by atoms with Crippen LogP contribution in [0.25, 0.3) is 0 Å². The molecule has 7 heteroatoms. The maximum absolute atomic E-state index is 8.86. The van der Waals surface area contributed by atoms with Gasteiger partial charge in [0.1, 0.15) is 5.75 Å². The van der Waals surface area contributed by atoms with Crippen LogP contribution in [0.3, 0.4) is 0 Å². The highest BCUT2D eigenvalue weighted by molar-refractivity contribution is 7.39. The van der Waals surface area contributed by atoms with E-state index in [2.05, 4.69) is 4.52 Å². The van der Waals surface area contributed by atoms with Crippen molar-refractivity contribution in [2.75, 3.05) is 0 Å². The fourth-order valence-corrected chi connectivity index (χ4v) is 1.25. The number of rotatable bonds is 3. The van der Waals surface area contributed by atoms with Crippen LogP contribution in [0.1, 0.15) is 5.56 Å². The van der Waals surface area contributed by atoms with Gasteiger partial charge < -0.3 is 29.6 Å². The first kappa shape index (κ1) is 11.3. The summed E-state index contributed by atoms with van der Waals surface area (Å²) >= 11 is 0. The molecule has 0 radical (unpaired) electrons. The number of para-hydroxylation sites is 1. The summed E-state index contributed by atoms with van der Waals surface area (Å²) < 4.78 is 4.47. The Morgan fingerprint density at radius 1 is 1.07 bits per heavy atom. The van der Waals surface area contributed by atoms with E-state index >= 15 is 0 Å². The molecule has 0 aliphatic heterocycles. The van der Waals surface area contributed by atoms with Crippen LogP contribution in [-0.4, -0.2) is 25.1 Å². The van der Waals surface area contributed by atoms with Crippen molar-refractivity contribution < 1.29 is 29.6 Å². The monoisotopic (exact) mass is 220 g/mol. The van der Waals surface area contributed by atoms with Gasteiger partial charge in [0.2, 0.25) is 0 Å². The molecule has 0 unspecified atom stereocenters. The van der Waals surface area contributed by atoms with E-state index in [4.69, 9.17) is 25.1 Å². The number of hydrogen-bond acceptors (Lipinski definition) is 6. The maximum atomic E-state index is 8.86. The molecule has 0 saturated heterocycles. The van der Waals surface area contributed by atoms with E-state index in [9.17, 15) is 0 Å². The van der Waals surface area contributed by atoms with Crippen LogP contribution < -0.4 is 4.52 Å². The van der Waals surface area contributed by atoms with Gasteiger partial charge in [-0.1, -0.05) is 12.1 Å². The fourth-order valence-electron chi connectivity index (χ4n) is 0.911. The summed E-state index contributed by atoms with van der Waals surface area (Å²) in [6.45, 7) is 0. The SMILES string of the molecule is OP(O)Oc1ccccc1C(O)(O)O. The molecule has 1 aromatic rings. The molecule has 0 spiro atoms. The Bertz CT molecular complexity index is 307. The van der Waals surface area contributed by atoms with Gasteiger partial charge in [-0.05, 0) is 12.1 Å². The zero-order valence-corrected chi connectivity index (χ0v) is 7.80. The third-order valence-electron chi connectivity index (χ3n) is 1.43. The van der Waals surface area contributed by atoms with Crippen LogP contribution >= 0.6 is 8.60 Å². The standard InChI is InChI=1S/C7H9O6P/c8-7(9,10)5-3-1-2-4-6(5)13-14(11)12/h1-4,8-12H. The van der Waals surface area contributed by atoms with Gasteiger partial charge in [0, 0.05) is 0 Å². The van der Waals surface area contributed by atoms with Gasteiger partial charge in [0.25, 0.3) is 0 Å². The first-order valence-electron chi connectivity index (χ1n) is 3.53. The Kier molecular flexibility index (Phi) is 3.38. The highest BCUT2D eigenvalue weighted by atomic mass is 31.2. The van der Waals surface area contributed by atoms with Crippen molar-refractivity contribution in [3.63, 3.8) is 0 Å². The highest BCUT2D eigenvalue weighted by Gasteiger charge is 2.26. The summed E-state index contributed by atoms with van der Waals surface area (Å²) in [6, 6.07) is 5.34. The van der Waals surface area contributed by atoms with Crippen molar-refractivity contribution in [1.29, 1.82) is 0 Å². The summed E-state index contributed by atoms with van der Waals surface area (Å²) in [6.07, 6.45) is 0. The third-order valence-corrected chi connectivity index (χ3v) is 1.79. The van der Waals surface area contributed by atoms with Crippen molar-refractivity contribution in [2.45, 2.75) is 5.97 Å². The van der Waals surface area contributed by atoms with Crippen molar-refractivity contribution in [3.8, 4) is 5.75 Å². The largest absolute Gasteiger partial charge is 0.426 e. The van der Waals surface area contributed by atoms with E-state index in [1.807, 2.05) is 0 Å². The Labute approximate surface area is 80.6 Å². The lowest BCUT2D eigenvalue weighted by atomic mass is 10.1. The second-order valence-corrected chi connectivity index (χ2v) is 3.16. The van der Waals surface area contributed by atoms with Crippen molar-refractivity contribution in [1.82, 2.24) is 0 Å². The van der Waals surface area contributed by atoms with Crippen molar-refractivity contribution in [2.24, 2.45) is 0 Å². The third kappa shape index (κ3) is 2.88. The van der Waals surface area contributed by atoms with Crippen LogP contribution in [0, 0.1) is 0 Å². The maximum Gasteiger partial charge on any atom is 0.391 e. The van der Waals surface area contributed by atoms with Gasteiger partial charge >= 0.3 is 14.6 Å². The molecular weight excluding hydrogens is 211 g/mol. The lowest BCUT2D eigenvalue weighted by Gasteiger charge is -2.18. The van der Waals surface area contributed by atoms with E-state index in [0.29, 0.717) is 0 Å². The summed E-state index contributed by atoms with van der Waals surface area (Å²) in [5.41, 5.74) is -0.365. The van der Waals surface area contributed by atoms with E-state index < -0.39 is 14.6 Å². The highest BCUT2D eigenvalue weighted by Crippen LogP contribution is 2.34. The van der Waals surface area contributed by atoms with Gasteiger partial charge in [-0.15, -0.1) is 0 Å². The predicted octanol–water partition coefficient (Wildman–Crippen LogP) is -0.636. The molecule has 0 aromatic heterocycles. The quantitative estimate of drug-likeness (QED) is 0.342. The Balaban J connectivity index is 3.04. The van der Waals surface area contributed by atoms with Gasteiger partial charge in [-0.3, -0.25) is 0 Å². The van der Waals surface area contributed by atoms with Crippen molar-refractivity contribution >= 4 is 8.60 Å². The molecule has 0 amide bonds. The lowest BCUT2D eigenvalue weighted by Crippen LogP contribution is -2.24. The average Bonchev–Trinajstić information content (AvgIpc) is 2.01. The van der Waals surface area contributed by atoms with Crippen LogP contribution in [0.5, 0.6) is 5.75 Å². The molecule has 1 rings (SSSR count). The minimum Gasteiger partial charge on any atom is -0.426 e. The van der Waals surface area contributed by atoms with Gasteiger partial charge in [-0.25, -0.2) is 0 Å². The molecule has 0 atom stereocenters. The normalized spacial score (nSPS) is 11.9. The Morgan fingerprint density at radius 2 is 1.64 bits per heavy atom. The smallest absolute Gasteiger partial charge is 0.391 e. The molecular formula is C7H9O6P. The van der Waals surface area contributed by atoms with Gasteiger partial charge in [-0.2, -0.15) is 0 Å². The number of aliphatic hydroxyl groups is 3.